The van der Waals surface area contributed by atoms with Gasteiger partial charge in [0.1, 0.15) is 11.7 Å². The van der Waals surface area contributed by atoms with Crippen molar-refractivity contribution in [2.24, 2.45) is 5.92 Å². The van der Waals surface area contributed by atoms with E-state index in [2.05, 4.69) is 10.3 Å². The van der Waals surface area contributed by atoms with Gasteiger partial charge in [0.05, 0.1) is 6.07 Å². The topological polar surface area (TPSA) is 65.8 Å². The lowest BCUT2D eigenvalue weighted by atomic mass is 10.1. The highest BCUT2D eigenvalue weighted by Gasteiger charge is 2.16. The van der Waals surface area contributed by atoms with E-state index < -0.39 is 5.92 Å². The number of anilines is 1. The molecule has 1 atom stereocenters. The van der Waals surface area contributed by atoms with Crippen LogP contribution >= 0.6 is 0 Å². The lowest BCUT2D eigenvalue weighted by Crippen LogP contribution is -2.22. The van der Waals surface area contributed by atoms with Gasteiger partial charge in [-0.25, -0.2) is 4.98 Å². The predicted molar refractivity (Wildman–Crippen MR) is 61.6 cm³/mol. The fourth-order valence-corrected chi connectivity index (χ4v) is 1.36. The van der Waals surface area contributed by atoms with Crippen LogP contribution < -0.4 is 5.32 Å². The van der Waals surface area contributed by atoms with Gasteiger partial charge in [-0.15, -0.1) is 0 Å². The number of aryl methyl sites for hydroxylation is 1. The normalized spacial score (nSPS) is 11.6. The summed E-state index contributed by atoms with van der Waals surface area (Å²) in [6.45, 7) is 3.87. The van der Waals surface area contributed by atoms with Crippen LogP contribution in [0.25, 0.3) is 0 Å². The standard InChI is InChI=1S/C12H15N3O/c1-3-4-10(8-13)12(16)15-11-7-9(2)5-6-14-11/h5-7,10H,3-4H2,1-2H3,(H,14,15,16). The number of aromatic nitrogens is 1. The molecule has 0 spiro atoms. The first-order valence-corrected chi connectivity index (χ1v) is 5.30. The smallest absolute Gasteiger partial charge is 0.242 e. The minimum atomic E-state index is -0.590. The molecule has 1 amide bonds. The second-order valence-corrected chi connectivity index (χ2v) is 3.68. The Kier molecular flexibility index (Phi) is 4.46. The summed E-state index contributed by atoms with van der Waals surface area (Å²) < 4.78 is 0. The summed E-state index contributed by atoms with van der Waals surface area (Å²) in [6.07, 6.45) is 3.02. The maximum absolute atomic E-state index is 11.7. The van der Waals surface area contributed by atoms with Gasteiger partial charge in [-0.2, -0.15) is 5.26 Å². The van der Waals surface area contributed by atoms with E-state index >= 15 is 0 Å². The van der Waals surface area contributed by atoms with Crippen LogP contribution in [-0.4, -0.2) is 10.9 Å². The lowest BCUT2D eigenvalue weighted by Gasteiger charge is -2.08. The SMILES string of the molecule is CCCC(C#N)C(=O)Nc1cc(C)ccn1. The van der Waals surface area contributed by atoms with Crippen LogP contribution in [0, 0.1) is 24.2 Å². The molecule has 84 valence electrons. The summed E-state index contributed by atoms with van der Waals surface area (Å²) in [5.74, 6) is -0.365. The highest BCUT2D eigenvalue weighted by atomic mass is 16.1. The van der Waals surface area contributed by atoms with Gasteiger partial charge in [0.15, 0.2) is 0 Å². The Morgan fingerprint density at radius 3 is 3.00 bits per heavy atom. The Morgan fingerprint density at radius 2 is 2.44 bits per heavy atom. The average Bonchev–Trinajstić information content (AvgIpc) is 2.25. The van der Waals surface area contributed by atoms with Crippen molar-refractivity contribution in [3.8, 4) is 6.07 Å². The summed E-state index contributed by atoms with van der Waals surface area (Å²) in [4.78, 5) is 15.7. The van der Waals surface area contributed by atoms with Crippen molar-refractivity contribution in [1.82, 2.24) is 4.98 Å². The van der Waals surface area contributed by atoms with Gasteiger partial charge in [-0.1, -0.05) is 13.3 Å². The molecule has 0 aliphatic heterocycles. The number of nitrogens with one attached hydrogen (secondary N) is 1. The quantitative estimate of drug-likeness (QED) is 0.841. The number of amides is 1. The molecule has 1 rings (SSSR count). The van der Waals surface area contributed by atoms with Crippen LogP contribution in [-0.2, 0) is 4.79 Å². The predicted octanol–water partition coefficient (Wildman–Crippen LogP) is 2.27. The minimum Gasteiger partial charge on any atom is -0.310 e. The molecule has 0 aliphatic rings. The number of hydrogen-bond acceptors (Lipinski definition) is 3. The average molecular weight is 217 g/mol. The lowest BCUT2D eigenvalue weighted by molar-refractivity contribution is -0.118. The fraction of sp³-hybridized carbons (Fsp3) is 0.417. The zero-order chi connectivity index (χ0) is 12.0. The monoisotopic (exact) mass is 217 g/mol. The number of carbonyl (C=O) groups is 1. The molecule has 0 saturated carbocycles. The molecule has 4 heteroatoms. The van der Waals surface area contributed by atoms with Crippen molar-refractivity contribution in [2.75, 3.05) is 5.32 Å². The maximum atomic E-state index is 11.7. The van der Waals surface area contributed by atoms with Gasteiger partial charge in [-0.05, 0) is 31.0 Å². The molecule has 1 N–H and O–H groups in total. The molecule has 0 aromatic carbocycles. The maximum Gasteiger partial charge on any atom is 0.242 e. The third-order valence-corrected chi connectivity index (χ3v) is 2.22. The second kappa shape index (κ2) is 5.86. The second-order valence-electron chi connectivity index (χ2n) is 3.68. The van der Waals surface area contributed by atoms with E-state index in [0.29, 0.717) is 12.2 Å². The van der Waals surface area contributed by atoms with Gasteiger partial charge < -0.3 is 5.32 Å². The largest absolute Gasteiger partial charge is 0.310 e. The molecule has 0 bridgehead atoms. The van der Waals surface area contributed by atoms with E-state index in [0.717, 1.165) is 12.0 Å². The van der Waals surface area contributed by atoms with Gasteiger partial charge in [0.2, 0.25) is 5.91 Å². The number of pyridine rings is 1. The molecule has 0 fully saturated rings. The molecule has 0 aliphatic carbocycles. The summed E-state index contributed by atoms with van der Waals surface area (Å²) in [6, 6.07) is 5.62. The molecule has 1 unspecified atom stereocenters. The molecule has 4 nitrogen and oxygen atoms in total. The van der Waals surface area contributed by atoms with Gasteiger partial charge >= 0.3 is 0 Å². The van der Waals surface area contributed by atoms with Crippen LogP contribution in [0.4, 0.5) is 5.82 Å². The van der Waals surface area contributed by atoms with Gasteiger partial charge in [0, 0.05) is 6.20 Å². The van der Waals surface area contributed by atoms with E-state index in [-0.39, 0.29) is 5.91 Å². The van der Waals surface area contributed by atoms with E-state index in [1.165, 1.54) is 0 Å². The molecule has 1 aromatic heterocycles. The zero-order valence-corrected chi connectivity index (χ0v) is 9.53. The molecule has 1 heterocycles. The summed E-state index contributed by atoms with van der Waals surface area (Å²) in [5, 5.41) is 11.5. The van der Waals surface area contributed by atoms with Crippen molar-refractivity contribution in [3.05, 3.63) is 23.9 Å². The minimum absolute atomic E-state index is 0.276. The Morgan fingerprint density at radius 1 is 1.69 bits per heavy atom. The Balaban J connectivity index is 2.67. The first-order chi connectivity index (χ1) is 7.67. The summed E-state index contributed by atoms with van der Waals surface area (Å²) in [7, 11) is 0. The molecule has 1 aromatic rings. The number of carbonyl (C=O) groups excluding carboxylic acids is 1. The van der Waals surface area contributed by atoms with E-state index in [4.69, 9.17) is 5.26 Å². The third-order valence-electron chi connectivity index (χ3n) is 2.22. The molecule has 0 radical (unpaired) electrons. The Labute approximate surface area is 95.3 Å². The number of hydrogen-bond donors (Lipinski definition) is 1. The zero-order valence-electron chi connectivity index (χ0n) is 9.53. The van der Waals surface area contributed by atoms with Crippen molar-refractivity contribution in [2.45, 2.75) is 26.7 Å². The third kappa shape index (κ3) is 3.35. The highest BCUT2D eigenvalue weighted by molar-refractivity contribution is 5.93. The summed E-state index contributed by atoms with van der Waals surface area (Å²) in [5.41, 5.74) is 1.02. The van der Waals surface area contributed by atoms with Gasteiger partial charge in [-0.3, -0.25) is 4.79 Å². The fourth-order valence-electron chi connectivity index (χ4n) is 1.36. The van der Waals surface area contributed by atoms with Crippen molar-refractivity contribution in [1.29, 1.82) is 5.26 Å². The van der Waals surface area contributed by atoms with Crippen LogP contribution in [0.2, 0.25) is 0 Å². The number of nitrogens with zero attached hydrogens (tertiary/aromatic N) is 2. The van der Waals surface area contributed by atoms with Gasteiger partial charge in [0.25, 0.3) is 0 Å². The molecule has 16 heavy (non-hydrogen) atoms. The molecular formula is C12H15N3O. The first kappa shape index (κ1) is 12.2. The highest BCUT2D eigenvalue weighted by Crippen LogP contribution is 2.10. The van der Waals surface area contributed by atoms with Crippen molar-refractivity contribution >= 4 is 11.7 Å². The van der Waals surface area contributed by atoms with Crippen molar-refractivity contribution in [3.63, 3.8) is 0 Å². The Bertz CT molecular complexity index is 409. The van der Waals surface area contributed by atoms with E-state index in [1.807, 2.05) is 26.0 Å². The van der Waals surface area contributed by atoms with Crippen LogP contribution in [0.15, 0.2) is 18.3 Å². The molecule has 0 saturated heterocycles. The number of nitriles is 1. The molecular weight excluding hydrogens is 202 g/mol. The van der Waals surface area contributed by atoms with Crippen LogP contribution in [0.1, 0.15) is 25.3 Å². The van der Waals surface area contributed by atoms with E-state index in [9.17, 15) is 4.79 Å². The van der Waals surface area contributed by atoms with Crippen molar-refractivity contribution < 1.29 is 4.79 Å². The van der Waals surface area contributed by atoms with E-state index in [1.54, 1.807) is 12.3 Å². The number of rotatable bonds is 4. The van der Waals surface area contributed by atoms with Crippen LogP contribution in [0.5, 0.6) is 0 Å². The Hall–Kier alpha value is -1.89. The first-order valence-electron chi connectivity index (χ1n) is 5.30. The van der Waals surface area contributed by atoms with Crippen LogP contribution in [0.3, 0.4) is 0 Å². The summed E-state index contributed by atoms with van der Waals surface area (Å²) >= 11 is 0.